The molecule has 0 saturated carbocycles. The molecule has 10 heavy (non-hydrogen) atoms. The van der Waals surface area contributed by atoms with Gasteiger partial charge in [0, 0.05) is 0 Å². The van der Waals surface area contributed by atoms with E-state index in [1.165, 1.54) is 12.2 Å². The first-order valence-corrected chi connectivity index (χ1v) is 8.05. The molecule has 0 nitrogen and oxygen atoms in total. The quantitative estimate of drug-likeness (QED) is 0.627. The zero-order valence-corrected chi connectivity index (χ0v) is 9.47. The summed E-state index contributed by atoms with van der Waals surface area (Å²) in [6.07, 6.45) is 3.44. The largest absolute Gasteiger partial charge is 0.165 e. The van der Waals surface area contributed by atoms with Gasteiger partial charge in [0.25, 0.3) is 0 Å². The van der Waals surface area contributed by atoms with Crippen LogP contribution >= 0.6 is 43.2 Å². The van der Waals surface area contributed by atoms with E-state index in [4.69, 9.17) is 0 Å². The summed E-state index contributed by atoms with van der Waals surface area (Å²) in [5.74, 6) is 1.31. The van der Waals surface area contributed by atoms with Crippen molar-refractivity contribution in [2.45, 2.75) is 13.3 Å². The van der Waals surface area contributed by atoms with Crippen LogP contribution in [0.5, 0.6) is 0 Å². The molecule has 0 amide bonds. The van der Waals surface area contributed by atoms with Gasteiger partial charge in [-0.2, -0.15) is 11.8 Å². The first-order valence-electron chi connectivity index (χ1n) is 3.04. The maximum absolute atomic E-state index is 2.19. The molecular weight excluding hydrogens is 200 g/mol. The van der Waals surface area contributed by atoms with Gasteiger partial charge in [0.1, 0.15) is 0 Å². The van der Waals surface area contributed by atoms with Gasteiger partial charge >= 0.3 is 0 Å². The first-order chi connectivity index (χ1) is 4.91. The molecule has 4 heteroatoms. The van der Waals surface area contributed by atoms with Gasteiger partial charge in [0.05, 0.1) is 0 Å². The van der Waals surface area contributed by atoms with Crippen LogP contribution in [-0.2, 0) is 0 Å². The Hall–Kier alpha value is 1.14. The van der Waals surface area contributed by atoms with Crippen LogP contribution in [0.15, 0.2) is 10.8 Å². The van der Waals surface area contributed by atoms with E-state index in [1.807, 2.05) is 11.8 Å². The molecule has 0 bridgehead atoms. The Bertz CT molecular complexity index is 73.8. The fourth-order valence-electron chi connectivity index (χ4n) is 0.318. The van der Waals surface area contributed by atoms with Crippen molar-refractivity contribution in [3.8, 4) is 0 Å². The van der Waals surface area contributed by atoms with E-state index in [2.05, 4.69) is 24.0 Å². The molecular formula is C6H12S4. The maximum atomic E-state index is 2.19. The Morgan fingerprint density at radius 3 is 2.00 bits per heavy atom. The standard InChI is InChI=1S/C4H10S.C2H2S3/c1-3-4-5-2;1-2-4-5-3-1/h3-4H2,1-2H3;1-2H. The Labute approximate surface area is 79.2 Å². The van der Waals surface area contributed by atoms with E-state index in [0.29, 0.717) is 0 Å². The summed E-state index contributed by atoms with van der Waals surface area (Å²) in [7, 11) is 5.34. The molecule has 1 heterocycles. The summed E-state index contributed by atoms with van der Waals surface area (Å²) in [4.78, 5) is 0. The summed E-state index contributed by atoms with van der Waals surface area (Å²) < 4.78 is 0. The number of hydrogen-bond acceptors (Lipinski definition) is 4. The third-order valence-electron chi connectivity index (χ3n) is 0.653. The van der Waals surface area contributed by atoms with Crippen LogP contribution in [0.25, 0.3) is 0 Å². The van der Waals surface area contributed by atoms with Gasteiger partial charge in [-0.25, -0.2) is 0 Å². The van der Waals surface area contributed by atoms with Gasteiger partial charge in [-0.15, -0.1) is 0 Å². The highest BCUT2D eigenvalue weighted by molar-refractivity contribution is 9.11. The fourth-order valence-corrected chi connectivity index (χ4v) is 3.67. The van der Waals surface area contributed by atoms with Crippen molar-refractivity contribution in [3.63, 3.8) is 0 Å². The molecule has 0 aromatic heterocycles. The molecule has 0 atom stereocenters. The molecule has 1 aliphatic heterocycles. The molecule has 1 aliphatic rings. The highest BCUT2D eigenvalue weighted by atomic mass is 33.5. The maximum Gasteiger partial charge on any atom is -0.00729 e. The summed E-state index contributed by atoms with van der Waals surface area (Å²) in [6.45, 7) is 2.19. The van der Waals surface area contributed by atoms with Crippen LogP contribution in [0.3, 0.4) is 0 Å². The van der Waals surface area contributed by atoms with E-state index in [-0.39, 0.29) is 0 Å². The molecule has 0 unspecified atom stereocenters. The van der Waals surface area contributed by atoms with E-state index >= 15 is 0 Å². The second-order valence-corrected chi connectivity index (χ2v) is 6.36. The number of rotatable bonds is 2. The van der Waals surface area contributed by atoms with Gasteiger partial charge in [-0.05, 0) is 39.1 Å². The first kappa shape index (κ1) is 11.1. The van der Waals surface area contributed by atoms with Crippen molar-refractivity contribution in [1.29, 1.82) is 0 Å². The lowest BCUT2D eigenvalue weighted by Gasteiger charge is -1.80. The number of hydrogen-bond donors (Lipinski definition) is 0. The lowest BCUT2D eigenvalue weighted by molar-refractivity contribution is 1.11. The third-order valence-corrected chi connectivity index (χ3v) is 4.85. The molecule has 0 aromatic carbocycles. The van der Waals surface area contributed by atoms with Gasteiger partial charge in [0.15, 0.2) is 0 Å². The van der Waals surface area contributed by atoms with Crippen LogP contribution in [0.4, 0.5) is 0 Å². The van der Waals surface area contributed by atoms with Crippen molar-refractivity contribution >= 4 is 43.2 Å². The molecule has 0 aliphatic carbocycles. The van der Waals surface area contributed by atoms with E-state index in [1.54, 1.807) is 31.4 Å². The van der Waals surface area contributed by atoms with Crippen LogP contribution in [0.1, 0.15) is 13.3 Å². The van der Waals surface area contributed by atoms with E-state index in [0.717, 1.165) is 0 Å². The predicted octanol–water partition coefficient (Wildman–Crippen LogP) is 4.26. The van der Waals surface area contributed by atoms with Crippen LogP contribution < -0.4 is 0 Å². The van der Waals surface area contributed by atoms with Gasteiger partial charge in [0.2, 0.25) is 0 Å². The van der Waals surface area contributed by atoms with Gasteiger partial charge in [-0.3, -0.25) is 0 Å². The summed E-state index contributed by atoms with van der Waals surface area (Å²) >= 11 is 1.90. The normalized spacial score (nSPS) is 14.6. The Morgan fingerprint density at radius 1 is 1.30 bits per heavy atom. The molecule has 0 fully saturated rings. The minimum absolute atomic E-state index is 1.31. The SMILES string of the molecule is C1=CSSS1.CCCSC. The van der Waals surface area contributed by atoms with Crippen molar-refractivity contribution in [2.24, 2.45) is 0 Å². The van der Waals surface area contributed by atoms with Crippen LogP contribution in [0, 0.1) is 0 Å². The van der Waals surface area contributed by atoms with Crippen LogP contribution in [0.2, 0.25) is 0 Å². The van der Waals surface area contributed by atoms with Crippen molar-refractivity contribution in [1.82, 2.24) is 0 Å². The summed E-state index contributed by atoms with van der Waals surface area (Å²) in [6, 6.07) is 0. The Morgan fingerprint density at radius 2 is 1.90 bits per heavy atom. The highest BCUT2D eigenvalue weighted by Gasteiger charge is 1.87. The smallest absolute Gasteiger partial charge is 0.00729 e. The highest BCUT2D eigenvalue weighted by Crippen LogP contribution is 2.42. The zero-order valence-electron chi connectivity index (χ0n) is 6.20. The second kappa shape index (κ2) is 10.1. The van der Waals surface area contributed by atoms with Gasteiger partial charge < -0.3 is 0 Å². The number of thioether (sulfide) groups is 1. The molecule has 0 aromatic rings. The van der Waals surface area contributed by atoms with Crippen LogP contribution in [-0.4, -0.2) is 12.0 Å². The zero-order chi connectivity index (χ0) is 7.66. The van der Waals surface area contributed by atoms with Crippen molar-refractivity contribution in [2.75, 3.05) is 12.0 Å². The van der Waals surface area contributed by atoms with Gasteiger partial charge in [-0.1, -0.05) is 28.5 Å². The third kappa shape index (κ3) is 9.14. The Kier molecular flexibility index (Phi) is 11.3. The fraction of sp³-hybridized carbons (Fsp3) is 0.667. The minimum Gasteiger partial charge on any atom is -0.165 e. The summed E-state index contributed by atoms with van der Waals surface area (Å²) in [5.41, 5.74) is 0. The monoisotopic (exact) mass is 212 g/mol. The average Bonchev–Trinajstić information content (AvgIpc) is 2.44. The predicted molar refractivity (Wildman–Crippen MR) is 60.6 cm³/mol. The van der Waals surface area contributed by atoms with Crippen molar-refractivity contribution < 1.29 is 0 Å². The lowest BCUT2D eigenvalue weighted by atomic mass is 10.6. The molecule has 0 N–H and O–H groups in total. The molecule has 0 radical (unpaired) electrons. The van der Waals surface area contributed by atoms with E-state index < -0.39 is 0 Å². The molecule has 1 rings (SSSR count). The molecule has 0 spiro atoms. The Balaban J connectivity index is 0.000000162. The average molecular weight is 212 g/mol. The second-order valence-electron chi connectivity index (χ2n) is 1.53. The lowest BCUT2D eigenvalue weighted by Crippen LogP contribution is -1.64. The summed E-state index contributed by atoms with van der Waals surface area (Å²) in [5, 5.41) is 4.16. The molecule has 0 saturated heterocycles. The van der Waals surface area contributed by atoms with Crippen molar-refractivity contribution in [3.05, 3.63) is 10.8 Å². The molecule has 60 valence electrons. The topological polar surface area (TPSA) is 0 Å². The van der Waals surface area contributed by atoms with E-state index in [9.17, 15) is 0 Å². The minimum atomic E-state index is 1.31.